The summed E-state index contributed by atoms with van der Waals surface area (Å²) in [6, 6.07) is 0.0562. The number of hydrogen-bond donors (Lipinski definition) is 4. The van der Waals surface area contributed by atoms with E-state index in [2.05, 4.69) is 0 Å². The second kappa shape index (κ2) is 4.87. The van der Waals surface area contributed by atoms with E-state index in [0.717, 1.165) is 10.6 Å². The molecular formula is C10H15N3O6. The van der Waals surface area contributed by atoms with E-state index in [1.54, 1.807) is 0 Å². The first-order chi connectivity index (χ1) is 8.95. The topological polar surface area (TPSA) is 140 Å². The monoisotopic (exact) mass is 273 g/mol. The zero-order valence-electron chi connectivity index (χ0n) is 10.1. The van der Waals surface area contributed by atoms with Gasteiger partial charge in [-0.15, -0.1) is 0 Å². The normalized spacial score (nSPS) is 34.6. The number of aromatic nitrogens is 2. The molecule has 2 rings (SSSR count). The lowest BCUT2D eigenvalue weighted by atomic mass is 10.1. The summed E-state index contributed by atoms with van der Waals surface area (Å²) >= 11 is 0. The van der Waals surface area contributed by atoms with Crippen molar-refractivity contribution in [3.8, 4) is 0 Å². The third-order valence-corrected chi connectivity index (χ3v) is 3.18. The summed E-state index contributed by atoms with van der Waals surface area (Å²) in [7, 11) is 1.26. The Bertz CT molecular complexity index is 563. The van der Waals surface area contributed by atoms with Gasteiger partial charge in [0.2, 0.25) is 5.79 Å². The molecule has 9 nitrogen and oxygen atoms in total. The van der Waals surface area contributed by atoms with E-state index in [1.165, 1.54) is 13.3 Å². The molecule has 19 heavy (non-hydrogen) atoms. The average molecular weight is 273 g/mol. The van der Waals surface area contributed by atoms with Crippen LogP contribution in [0.1, 0.15) is 6.23 Å². The maximum atomic E-state index is 11.6. The molecule has 0 bridgehead atoms. The van der Waals surface area contributed by atoms with Gasteiger partial charge >= 0.3 is 5.69 Å². The van der Waals surface area contributed by atoms with Crippen molar-refractivity contribution >= 4 is 0 Å². The quantitative estimate of drug-likeness (QED) is 0.462. The molecule has 1 aliphatic heterocycles. The SMILES string of the molecule is CO[C@]1(CO)O[C@@H](n2ccc(=O)[nH]c2=O)[C@H](O)[C@@H]1N. The van der Waals surface area contributed by atoms with Crippen LogP contribution in [0, 0.1) is 0 Å². The van der Waals surface area contributed by atoms with Crippen LogP contribution >= 0.6 is 0 Å². The lowest BCUT2D eigenvalue weighted by Gasteiger charge is -2.28. The molecule has 2 heterocycles. The summed E-state index contributed by atoms with van der Waals surface area (Å²) in [5.41, 5.74) is 4.41. The molecule has 5 N–H and O–H groups in total. The van der Waals surface area contributed by atoms with E-state index < -0.39 is 42.0 Å². The summed E-state index contributed by atoms with van der Waals surface area (Å²) in [5.74, 6) is -1.60. The van der Waals surface area contributed by atoms with Gasteiger partial charge in [-0.3, -0.25) is 14.3 Å². The fourth-order valence-corrected chi connectivity index (χ4v) is 2.03. The van der Waals surface area contributed by atoms with E-state index in [0.29, 0.717) is 0 Å². The number of aliphatic hydroxyl groups is 2. The summed E-state index contributed by atoms with van der Waals surface area (Å²) in [6.45, 7) is -0.587. The van der Waals surface area contributed by atoms with Crippen molar-refractivity contribution in [2.45, 2.75) is 24.2 Å². The first-order valence-corrected chi connectivity index (χ1v) is 5.54. The Morgan fingerprint density at radius 1 is 1.63 bits per heavy atom. The summed E-state index contributed by atoms with van der Waals surface area (Å²) in [4.78, 5) is 24.7. The minimum atomic E-state index is -1.60. The molecule has 0 radical (unpaired) electrons. The van der Waals surface area contributed by atoms with E-state index in [4.69, 9.17) is 15.2 Å². The highest BCUT2D eigenvalue weighted by molar-refractivity contribution is 4.99. The van der Waals surface area contributed by atoms with Crippen LogP contribution in [0.4, 0.5) is 0 Å². The Hall–Kier alpha value is -1.52. The summed E-state index contributed by atoms with van der Waals surface area (Å²) in [6.07, 6.45) is -1.27. The fraction of sp³-hybridized carbons (Fsp3) is 0.600. The number of nitrogens with two attached hydrogens (primary N) is 1. The van der Waals surface area contributed by atoms with Crippen LogP contribution < -0.4 is 17.0 Å². The first-order valence-electron chi connectivity index (χ1n) is 5.54. The Morgan fingerprint density at radius 3 is 2.79 bits per heavy atom. The fourth-order valence-electron chi connectivity index (χ4n) is 2.03. The van der Waals surface area contributed by atoms with E-state index >= 15 is 0 Å². The van der Waals surface area contributed by atoms with Crippen LogP contribution in [0.5, 0.6) is 0 Å². The molecule has 0 unspecified atom stereocenters. The minimum absolute atomic E-state index is 0.571. The van der Waals surface area contributed by atoms with E-state index in [1.807, 2.05) is 4.98 Å². The third kappa shape index (κ3) is 2.11. The van der Waals surface area contributed by atoms with Crippen LogP contribution in [0.25, 0.3) is 0 Å². The van der Waals surface area contributed by atoms with Gasteiger partial charge in [-0.25, -0.2) is 4.79 Å². The van der Waals surface area contributed by atoms with Gasteiger partial charge in [0.05, 0.1) is 12.6 Å². The van der Waals surface area contributed by atoms with E-state index in [9.17, 15) is 19.8 Å². The summed E-state index contributed by atoms with van der Waals surface area (Å²) in [5, 5.41) is 19.3. The van der Waals surface area contributed by atoms with Crippen LogP contribution in [0.15, 0.2) is 21.9 Å². The smallest absolute Gasteiger partial charge is 0.330 e. The predicted molar refractivity (Wildman–Crippen MR) is 62.3 cm³/mol. The highest BCUT2D eigenvalue weighted by Crippen LogP contribution is 2.35. The molecule has 1 fully saturated rings. The first kappa shape index (κ1) is 13.9. The van der Waals surface area contributed by atoms with Crippen molar-refractivity contribution in [1.82, 2.24) is 9.55 Å². The molecule has 0 spiro atoms. The van der Waals surface area contributed by atoms with Gasteiger partial charge in [-0.2, -0.15) is 0 Å². The molecule has 9 heteroatoms. The van der Waals surface area contributed by atoms with Crippen LogP contribution in [-0.2, 0) is 9.47 Å². The van der Waals surface area contributed by atoms with Crippen molar-refractivity contribution in [3.63, 3.8) is 0 Å². The van der Waals surface area contributed by atoms with Crippen molar-refractivity contribution < 1.29 is 19.7 Å². The number of nitrogens with zero attached hydrogens (tertiary/aromatic N) is 1. The Balaban J connectivity index is 2.42. The zero-order valence-corrected chi connectivity index (χ0v) is 10.1. The van der Waals surface area contributed by atoms with E-state index in [-0.39, 0.29) is 0 Å². The molecule has 0 aliphatic carbocycles. The second-order valence-electron chi connectivity index (χ2n) is 4.22. The third-order valence-electron chi connectivity index (χ3n) is 3.18. The van der Waals surface area contributed by atoms with Gasteiger partial charge in [0.25, 0.3) is 5.56 Å². The van der Waals surface area contributed by atoms with Gasteiger partial charge in [-0.05, 0) is 0 Å². The molecule has 1 aliphatic rings. The van der Waals surface area contributed by atoms with Crippen LogP contribution in [0.2, 0.25) is 0 Å². The number of rotatable bonds is 3. The van der Waals surface area contributed by atoms with Crippen molar-refractivity contribution in [2.75, 3.05) is 13.7 Å². The van der Waals surface area contributed by atoms with Gasteiger partial charge in [0.15, 0.2) is 6.23 Å². The second-order valence-corrected chi connectivity index (χ2v) is 4.22. The highest BCUT2D eigenvalue weighted by atomic mass is 16.7. The Kier molecular flexibility index (Phi) is 3.56. The van der Waals surface area contributed by atoms with Crippen LogP contribution in [0.3, 0.4) is 0 Å². The molecule has 1 aromatic rings. The summed E-state index contributed by atoms with van der Waals surface area (Å²) < 4.78 is 11.3. The molecule has 4 atom stereocenters. The van der Waals surface area contributed by atoms with Gasteiger partial charge in [0.1, 0.15) is 6.10 Å². The van der Waals surface area contributed by atoms with Gasteiger partial charge in [0, 0.05) is 19.4 Å². The molecule has 0 amide bonds. The average Bonchev–Trinajstić information content (AvgIpc) is 2.64. The Labute approximate surface area is 107 Å². The molecular weight excluding hydrogens is 258 g/mol. The lowest BCUT2D eigenvalue weighted by molar-refractivity contribution is -0.248. The standard InChI is InChI=1S/C10H15N3O6/c1-18-10(4-14)7(11)6(16)8(19-10)13-3-2-5(15)12-9(13)17/h2-3,6-8,14,16H,4,11H2,1H3,(H,12,15,17)/t6-,7+,8-,10-/m1/s1. The minimum Gasteiger partial charge on any atom is -0.391 e. The van der Waals surface area contributed by atoms with Crippen molar-refractivity contribution in [3.05, 3.63) is 33.1 Å². The number of hydrogen-bond acceptors (Lipinski definition) is 7. The number of methoxy groups -OCH3 is 1. The molecule has 0 saturated carbocycles. The number of H-pyrrole nitrogens is 1. The van der Waals surface area contributed by atoms with Gasteiger partial charge < -0.3 is 25.4 Å². The van der Waals surface area contributed by atoms with Gasteiger partial charge in [-0.1, -0.05) is 0 Å². The lowest BCUT2D eigenvalue weighted by Crippen LogP contribution is -2.53. The molecule has 106 valence electrons. The van der Waals surface area contributed by atoms with Crippen molar-refractivity contribution in [2.24, 2.45) is 5.73 Å². The van der Waals surface area contributed by atoms with Crippen molar-refractivity contribution in [1.29, 1.82) is 0 Å². The largest absolute Gasteiger partial charge is 0.391 e. The highest BCUT2D eigenvalue weighted by Gasteiger charge is 2.54. The maximum Gasteiger partial charge on any atom is 0.330 e. The maximum absolute atomic E-state index is 11.6. The predicted octanol–water partition coefficient (Wildman–Crippen LogP) is -2.91. The number of aliphatic hydroxyl groups excluding tert-OH is 2. The number of nitrogens with one attached hydrogen (secondary N) is 1. The zero-order chi connectivity index (χ0) is 14.2. The number of ether oxygens (including phenoxy) is 2. The molecule has 1 aromatic heterocycles. The molecule has 0 aromatic carbocycles. The Morgan fingerprint density at radius 2 is 2.32 bits per heavy atom. The number of aromatic amines is 1. The molecule has 1 saturated heterocycles. The van der Waals surface area contributed by atoms with Crippen LogP contribution in [-0.4, -0.2) is 51.4 Å².